The molecule has 0 bridgehead atoms. The molecule has 100 valence electrons. The third kappa shape index (κ3) is 4.55. The molecule has 0 amide bonds. The second kappa shape index (κ2) is 6.50. The fourth-order valence-corrected chi connectivity index (χ4v) is 2.17. The first-order valence-electron chi connectivity index (χ1n) is 5.83. The van der Waals surface area contributed by atoms with Gasteiger partial charge in [0.25, 0.3) is 0 Å². The predicted octanol–water partition coefficient (Wildman–Crippen LogP) is 3.31. The van der Waals surface area contributed by atoms with Crippen LogP contribution in [-0.4, -0.2) is 23.7 Å². The molecule has 0 aromatic heterocycles. The molecule has 0 aliphatic heterocycles. The van der Waals surface area contributed by atoms with E-state index in [1.807, 2.05) is 39.0 Å². The van der Waals surface area contributed by atoms with Crippen LogP contribution in [0.25, 0.3) is 0 Å². The van der Waals surface area contributed by atoms with Crippen LogP contribution in [0, 0.1) is 0 Å². The van der Waals surface area contributed by atoms with E-state index in [2.05, 4.69) is 21.2 Å². The summed E-state index contributed by atoms with van der Waals surface area (Å²) in [5.74, 6) is 0. The first-order valence-corrected chi connectivity index (χ1v) is 7.03. The van der Waals surface area contributed by atoms with Gasteiger partial charge < -0.3 is 15.8 Å². The number of nitrogens with one attached hydrogen (secondary N) is 1. The van der Waals surface area contributed by atoms with Crippen molar-refractivity contribution in [3.63, 3.8) is 0 Å². The molecule has 0 atom stereocenters. The van der Waals surface area contributed by atoms with Crippen molar-refractivity contribution in [1.29, 1.82) is 0 Å². The van der Waals surface area contributed by atoms with Gasteiger partial charge in [-0.3, -0.25) is 0 Å². The van der Waals surface area contributed by atoms with E-state index in [1.54, 1.807) is 0 Å². The lowest BCUT2D eigenvalue weighted by Gasteiger charge is -2.26. The van der Waals surface area contributed by atoms with E-state index < -0.39 is 0 Å². The van der Waals surface area contributed by atoms with E-state index in [0.29, 0.717) is 18.1 Å². The quantitative estimate of drug-likeness (QED) is 0.785. The minimum atomic E-state index is -0.232. The summed E-state index contributed by atoms with van der Waals surface area (Å²) < 4.78 is 6.63. The lowest BCUT2D eigenvalue weighted by atomic mass is 10.1. The zero-order valence-corrected chi connectivity index (χ0v) is 13.3. The molecule has 5 heteroatoms. The third-order valence-corrected chi connectivity index (χ3v) is 3.20. The molecule has 3 nitrogen and oxygen atoms in total. The average Bonchev–Trinajstić information content (AvgIpc) is 2.26. The SMILES string of the molecule is CCOC(C)(C)CNc1cc(Br)ccc1C(N)=S. The van der Waals surface area contributed by atoms with Gasteiger partial charge in [-0.2, -0.15) is 0 Å². The van der Waals surface area contributed by atoms with Crippen molar-refractivity contribution in [2.24, 2.45) is 5.73 Å². The van der Waals surface area contributed by atoms with Gasteiger partial charge in [0.15, 0.2) is 0 Å². The maximum absolute atomic E-state index is 5.71. The number of rotatable bonds is 6. The number of thiocarbonyl (C=S) groups is 1. The van der Waals surface area contributed by atoms with E-state index in [0.717, 1.165) is 15.7 Å². The lowest BCUT2D eigenvalue weighted by Crippen LogP contribution is -2.33. The Bertz CT molecular complexity index is 435. The summed E-state index contributed by atoms with van der Waals surface area (Å²) in [6.45, 7) is 7.45. The number of ether oxygens (including phenoxy) is 1. The van der Waals surface area contributed by atoms with Gasteiger partial charge >= 0.3 is 0 Å². The summed E-state index contributed by atoms with van der Waals surface area (Å²) in [4.78, 5) is 0.388. The summed E-state index contributed by atoms with van der Waals surface area (Å²) >= 11 is 8.48. The summed E-state index contributed by atoms with van der Waals surface area (Å²) in [5, 5.41) is 3.34. The van der Waals surface area contributed by atoms with Crippen molar-refractivity contribution in [3.05, 3.63) is 28.2 Å². The highest BCUT2D eigenvalue weighted by Gasteiger charge is 2.18. The Hall–Kier alpha value is -0.650. The highest BCUT2D eigenvalue weighted by molar-refractivity contribution is 9.10. The van der Waals surface area contributed by atoms with Gasteiger partial charge in [-0.15, -0.1) is 0 Å². The molecular formula is C13H19BrN2OS. The molecular weight excluding hydrogens is 312 g/mol. The van der Waals surface area contributed by atoms with E-state index in [4.69, 9.17) is 22.7 Å². The highest BCUT2D eigenvalue weighted by Crippen LogP contribution is 2.22. The maximum Gasteiger partial charge on any atom is 0.106 e. The van der Waals surface area contributed by atoms with Crippen molar-refractivity contribution >= 4 is 38.8 Å². The zero-order valence-electron chi connectivity index (χ0n) is 10.9. The average molecular weight is 331 g/mol. The molecule has 0 fully saturated rings. The Morgan fingerprint density at radius 2 is 2.17 bits per heavy atom. The molecule has 1 rings (SSSR count). The van der Waals surface area contributed by atoms with E-state index in [-0.39, 0.29) is 5.60 Å². The fraction of sp³-hybridized carbons (Fsp3) is 0.462. The van der Waals surface area contributed by atoms with Gasteiger partial charge in [-0.05, 0) is 39.0 Å². The topological polar surface area (TPSA) is 47.3 Å². The maximum atomic E-state index is 5.71. The number of anilines is 1. The monoisotopic (exact) mass is 330 g/mol. The number of nitrogens with two attached hydrogens (primary N) is 1. The molecule has 0 unspecified atom stereocenters. The first-order chi connectivity index (χ1) is 8.35. The van der Waals surface area contributed by atoms with Crippen molar-refractivity contribution in [2.45, 2.75) is 26.4 Å². The number of hydrogen-bond acceptors (Lipinski definition) is 3. The first kappa shape index (κ1) is 15.4. The summed E-state index contributed by atoms with van der Waals surface area (Å²) in [7, 11) is 0. The van der Waals surface area contributed by atoms with Crippen molar-refractivity contribution < 1.29 is 4.74 Å². The molecule has 1 aromatic rings. The molecule has 0 radical (unpaired) electrons. The van der Waals surface area contributed by atoms with Gasteiger partial charge in [-0.1, -0.05) is 28.1 Å². The second-order valence-corrected chi connectivity index (χ2v) is 5.96. The molecule has 0 aliphatic carbocycles. The normalized spacial score (nSPS) is 11.3. The van der Waals surface area contributed by atoms with E-state index in [9.17, 15) is 0 Å². The Balaban J connectivity index is 2.83. The second-order valence-electron chi connectivity index (χ2n) is 4.60. The molecule has 3 N–H and O–H groups in total. The molecule has 0 saturated carbocycles. The Kier molecular flexibility index (Phi) is 5.56. The predicted molar refractivity (Wildman–Crippen MR) is 84.2 cm³/mol. The van der Waals surface area contributed by atoms with Gasteiger partial charge in [0.1, 0.15) is 4.99 Å². The number of halogens is 1. The smallest absolute Gasteiger partial charge is 0.106 e. The molecule has 0 saturated heterocycles. The molecule has 0 aliphatic rings. The van der Waals surface area contributed by atoms with Crippen LogP contribution in [0.3, 0.4) is 0 Å². The minimum Gasteiger partial charge on any atom is -0.389 e. The lowest BCUT2D eigenvalue weighted by molar-refractivity contribution is 0.000697. The van der Waals surface area contributed by atoms with Crippen LogP contribution in [0.4, 0.5) is 5.69 Å². The van der Waals surface area contributed by atoms with Crippen LogP contribution in [0.2, 0.25) is 0 Å². The van der Waals surface area contributed by atoms with E-state index >= 15 is 0 Å². The molecule has 0 spiro atoms. The zero-order chi connectivity index (χ0) is 13.8. The van der Waals surface area contributed by atoms with E-state index in [1.165, 1.54) is 0 Å². The Morgan fingerprint density at radius 3 is 2.72 bits per heavy atom. The number of hydrogen-bond donors (Lipinski definition) is 2. The Labute approximate surface area is 122 Å². The van der Waals surface area contributed by atoms with Crippen molar-refractivity contribution in [1.82, 2.24) is 0 Å². The minimum absolute atomic E-state index is 0.232. The number of benzene rings is 1. The third-order valence-electron chi connectivity index (χ3n) is 2.49. The van der Waals surface area contributed by atoms with Gasteiger partial charge in [0.05, 0.1) is 5.60 Å². The van der Waals surface area contributed by atoms with Crippen LogP contribution in [-0.2, 0) is 4.74 Å². The van der Waals surface area contributed by atoms with Crippen LogP contribution in [0.1, 0.15) is 26.3 Å². The van der Waals surface area contributed by atoms with Crippen LogP contribution in [0.15, 0.2) is 22.7 Å². The van der Waals surface area contributed by atoms with Crippen molar-refractivity contribution in [2.75, 3.05) is 18.5 Å². The van der Waals surface area contributed by atoms with Crippen LogP contribution in [0.5, 0.6) is 0 Å². The fourth-order valence-electron chi connectivity index (χ4n) is 1.63. The van der Waals surface area contributed by atoms with Gasteiger partial charge in [0.2, 0.25) is 0 Å². The largest absolute Gasteiger partial charge is 0.389 e. The van der Waals surface area contributed by atoms with Crippen LogP contribution < -0.4 is 11.1 Å². The standard InChI is InChI=1S/C13H19BrN2OS/c1-4-17-13(2,3)8-16-11-7-9(14)5-6-10(11)12(15)18/h5-7,16H,4,8H2,1-3H3,(H2,15,18). The summed E-state index contributed by atoms with van der Waals surface area (Å²) in [5.41, 5.74) is 7.24. The molecule has 0 heterocycles. The van der Waals surface area contributed by atoms with Crippen molar-refractivity contribution in [3.8, 4) is 0 Å². The molecule has 1 aromatic carbocycles. The van der Waals surface area contributed by atoms with Gasteiger partial charge in [0, 0.05) is 28.9 Å². The van der Waals surface area contributed by atoms with Gasteiger partial charge in [-0.25, -0.2) is 0 Å². The summed E-state index contributed by atoms with van der Waals surface area (Å²) in [6.07, 6.45) is 0. The summed E-state index contributed by atoms with van der Waals surface area (Å²) in [6, 6.07) is 5.80. The highest BCUT2D eigenvalue weighted by atomic mass is 79.9. The Morgan fingerprint density at radius 1 is 1.50 bits per heavy atom. The molecule has 18 heavy (non-hydrogen) atoms. The van der Waals surface area contributed by atoms with Crippen LogP contribution >= 0.6 is 28.1 Å².